The van der Waals surface area contributed by atoms with Gasteiger partial charge in [-0.3, -0.25) is 0 Å². The lowest BCUT2D eigenvalue weighted by atomic mass is 9.88. The second-order valence-electron chi connectivity index (χ2n) is 10.3. The van der Waals surface area contributed by atoms with Crippen LogP contribution in [-0.2, 0) is 18.9 Å². The number of piperidine rings is 1. The van der Waals surface area contributed by atoms with E-state index in [-0.39, 0.29) is 29.5 Å². The van der Waals surface area contributed by atoms with Gasteiger partial charge < -0.3 is 14.6 Å². The van der Waals surface area contributed by atoms with Gasteiger partial charge in [0.25, 0.3) is 0 Å². The van der Waals surface area contributed by atoms with Crippen molar-refractivity contribution in [3.8, 4) is 0 Å². The second kappa shape index (κ2) is 8.87. The van der Waals surface area contributed by atoms with Crippen LogP contribution in [0.5, 0.6) is 0 Å². The number of aromatic nitrogens is 5. The van der Waals surface area contributed by atoms with Gasteiger partial charge in [-0.2, -0.15) is 31.3 Å². The molecule has 4 heterocycles. The molecule has 0 radical (unpaired) electrons. The number of fused-ring (bicyclic) bond motifs is 3. The standard InChI is InChI=1S/C24H25F6N7O/c1-12-33-34-22(38-12)36-10-13-4-5-14(11-36)19(13)31-21-32-20-18(3-2-6-37(20)35-21)15-7-16(23(25,26)27)9-17(8-15)24(28,29)30/h7-9,13-14,18-19H,2-6,10-11H2,1H3,(H,31,35). The number of nitrogens with one attached hydrogen (secondary N) is 1. The third kappa shape index (κ3) is 4.57. The van der Waals surface area contributed by atoms with Gasteiger partial charge in [-0.15, -0.1) is 10.2 Å². The van der Waals surface area contributed by atoms with Crippen LogP contribution in [0.15, 0.2) is 22.6 Å². The van der Waals surface area contributed by atoms with Gasteiger partial charge in [0.1, 0.15) is 5.82 Å². The van der Waals surface area contributed by atoms with Crippen molar-refractivity contribution in [3.05, 3.63) is 46.6 Å². The number of aryl methyl sites for hydroxylation is 2. The summed E-state index contributed by atoms with van der Waals surface area (Å²) < 4.78 is 87.9. The minimum Gasteiger partial charge on any atom is -0.408 e. The third-order valence-electron chi connectivity index (χ3n) is 7.80. The predicted octanol–water partition coefficient (Wildman–Crippen LogP) is 5.26. The number of halogens is 6. The first kappa shape index (κ1) is 25.0. The fourth-order valence-electron chi connectivity index (χ4n) is 6.09. The molecule has 1 saturated heterocycles. The monoisotopic (exact) mass is 541 g/mol. The van der Waals surface area contributed by atoms with Crippen LogP contribution in [0.25, 0.3) is 0 Å². The first-order valence-corrected chi connectivity index (χ1v) is 12.5. The summed E-state index contributed by atoms with van der Waals surface area (Å²) in [5.41, 5.74) is -2.70. The minimum absolute atomic E-state index is 0.0599. The largest absolute Gasteiger partial charge is 0.416 e. The van der Waals surface area contributed by atoms with E-state index < -0.39 is 29.4 Å². The van der Waals surface area contributed by atoms with E-state index in [1.54, 1.807) is 11.6 Å². The molecule has 1 saturated carbocycles. The zero-order chi connectivity index (χ0) is 26.8. The summed E-state index contributed by atoms with van der Waals surface area (Å²) in [6, 6.07) is 2.33. The van der Waals surface area contributed by atoms with Crippen molar-refractivity contribution in [2.75, 3.05) is 23.3 Å². The zero-order valence-corrected chi connectivity index (χ0v) is 20.4. The maximum Gasteiger partial charge on any atom is 0.416 e. The molecule has 6 rings (SSSR count). The van der Waals surface area contributed by atoms with E-state index in [0.717, 1.165) is 38.1 Å². The summed E-state index contributed by atoms with van der Waals surface area (Å²) in [7, 11) is 0. The Labute approximate surface area is 213 Å². The number of alkyl halides is 6. The van der Waals surface area contributed by atoms with Crippen molar-refractivity contribution in [3.63, 3.8) is 0 Å². The van der Waals surface area contributed by atoms with Gasteiger partial charge in [-0.1, -0.05) is 5.10 Å². The SMILES string of the molecule is Cc1nnc(N2CC3CCC(C2)C3Nc2nc3n(n2)CCCC3c2cc(C(F)(F)F)cc(C(F)(F)F)c2)o1. The van der Waals surface area contributed by atoms with Crippen LogP contribution < -0.4 is 10.2 Å². The van der Waals surface area contributed by atoms with Crippen molar-refractivity contribution < 1.29 is 30.8 Å². The molecule has 1 aliphatic carbocycles. The van der Waals surface area contributed by atoms with Crippen LogP contribution in [0.2, 0.25) is 0 Å². The van der Waals surface area contributed by atoms with E-state index in [4.69, 9.17) is 4.42 Å². The highest BCUT2D eigenvalue weighted by atomic mass is 19.4. The quantitative estimate of drug-likeness (QED) is 0.451. The molecule has 14 heteroatoms. The number of hydrogen-bond donors (Lipinski definition) is 1. The molecule has 3 aliphatic rings. The van der Waals surface area contributed by atoms with Gasteiger partial charge >= 0.3 is 18.4 Å². The molecule has 8 nitrogen and oxygen atoms in total. The fraction of sp³-hybridized carbons (Fsp3) is 0.583. The molecule has 3 unspecified atom stereocenters. The first-order valence-electron chi connectivity index (χ1n) is 12.5. The molecule has 0 spiro atoms. The predicted molar refractivity (Wildman–Crippen MR) is 122 cm³/mol. The number of hydrogen-bond acceptors (Lipinski definition) is 7. The van der Waals surface area contributed by atoms with Gasteiger partial charge in [0.15, 0.2) is 0 Å². The van der Waals surface area contributed by atoms with Crippen LogP contribution in [0, 0.1) is 18.8 Å². The summed E-state index contributed by atoms with van der Waals surface area (Å²) in [4.78, 5) is 6.66. The molecule has 2 aliphatic heterocycles. The molecule has 0 amide bonds. The second-order valence-corrected chi connectivity index (χ2v) is 10.3. The van der Waals surface area contributed by atoms with Crippen molar-refractivity contribution in [2.24, 2.45) is 11.8 Å². The molecule has 2 aromatic heterocycles. The fourth-order valence-corrected chi connectivity index (χ4v) is 6.09. The smallest absolute Gasteiger partial charge is 0.408 e. The van der Waals surface area contributed by atoms with E-state index >= 15 is 0 Å². The molecular formula is C24H25F6N7O. The molecule has 1 aromatic carbocycles. The Kier molecular flexibility index (Phi) is 5.83. The number of nitrogens with zero attached hydrogens (tertiary/aromatic N) is 6. The molecule has 2 bridgehead atoms. The highest BCUT2D eigenvalue weighted by molar-refractivity contribution is 5.40. The van der Waals surface area contributed by atoms with E-state index in [1.165, 1.54) is 0 Å². The van der Waals surface area contributed by atoms with Crippen LogP contribution in [-0.4, -0.2) is 44.1 Å². The van der Waals surface area contributed by atoms with Crippen LogP contribution in [0.1, 0.15) is 60.0 Å². The number of rotatable bonds is 4. The van der Waals surface area contributed by atoms with Crippen LogP contribution >= 0.6 is 0 Å². The minimum atomic E-state index is -4.90. The molecule has 2 fully saturated rings. The van der Waals surface area contributed by atoms with Gasteiger partial charge in [0.2, 0.25) is 11.8 Å². The summed E-state index contributed by atoms with van der Waals surface area (Å²) in [5.74, 6) is 1.04. The Balaban J connectivity index is 1.25. The molecular weight excluding hydrogens is 516 g/mol. The third-order valence-corrected chi connectivity index (χ3v) is 7.80. The highest BCUT2D eigenvalue weighted by Gasteiger charge is 2.44. The summed E-state index contributed by atoms with van der Waals surface area (Å²) in [6.45, 7) is 3.67. The maximum absolute atomic E-state index is 13.5. The first-order chi connectivity index (χ1) is 18.0. The Bertz CT molecular complexity index is 1290. The van der Waals surface area contributed by atoms with Crippen LogP contribution in [0.3, 0.4) is 0 Å². The summed E-state index contributed by atoms with van der Waals surface area (Å²) >= 11 is 0. The van der Waals surface area contributed by atoms with Gasteiger partial charge in [-0.25, -0.2) is 4.68 Å². The summed E-state index contributed by atoms with van der Waals surface area (Å²) in [5, 5.41) is 16.0. The molecule has 3 aromatic rings. The van der Waals surface area contributed by atoms with E-state index in [2.05, 4.69) is 30.5 Å². The lowest BCUT2D eigenvalue weighted by Crippen LogP contribution is -2.48. The lowest BCUT2D eigenvalue weighted by molar-refractivity contribution is -0.143. The van der Waals surface area contributed by atoms with E-state index in [9.17, 15) is 26.3 Å². The topological polar surface area (TPSA) is 84.9 Å². The van der Waals surface area contributed by atoms with Crippen molar-refractivity contribution in [1.82, 2.24) is 25.0 Å². The van der Waals surface area contributed by atoms with Crippen LogP contribution in [0.4, 0.5) is 38.3 Å². The van der Waals surface area contributed by atoms with Gasteiger partial charge in [0.05, 0.1) is 11.1 Å². The molecule has 38 heavy (non-hydrogen) atoms. The zero-order valence-electron chi connectivity index (χ0n) is 20.4. The van der Waals surface area contributed by atoms with Gasteiger partial charge in [-0.05, 0) is 61.3 Å². The average molecular weight is 542 g/mol. The van der Waals surface area contributed by atoms with Crippen molar-refractivity contribution in [1.29, 1.82) is 0 Å². The van der Waals surface area contributed by atoms with Gasteiger partial charge in [0, 0.05) is 38.5 Å². The van der Waals surface area contributed by atoms with Crippen molar-refractivity contribution >= 4 is 12.0 Å². The Morgan fingerprint density at radius 2 is 1.58 bits per heavy atom. The lowest BCUT2D eigenvalue weighted by Gasteiger charge is -2.37. The van der Waals surface area contributed by atoms with E-state index in [1.807, 2.05) is 0 Å². The Morgan fingerprint density at radius 1 is 0.921 bits per heavy atom. The molecule has 3 atom stereocenters. The Morgan fingerprint density at radius 3 is 2.16 bits per heavy atom. The average Bonchev–Trinajstić information content (AvgIpc) is 3.52. The Hall–Kier alpha value is -3.32. The molecule has 204 valence electrons. The van der Waals surface area contributed by atoms with Crippen molar-refractivity contribution in [2.45, 2.75) is 63.5 Å². The normalized spacial score (nSPS) is 25.5. The summed E-state index contributed by atoms with van der Waals surface area (Å²) in [6.07, 6.45) is -6.88. The highest BCUT2D eigenvalue weighted by Crippen LogP contribution is 2.42. The number of anilines is 2. The number of benzene rings is 1. The maximum atomic E-state index is 13.5. The van der Waals surface area contributed by atoms with E-state index in [0.29, 0.717) is 43.1 Å². The molecule has 1 N–H and O–H groups in total.